The summed E-state index contributed by atoms with van der Waals surface area (Å²) < 4.78 is 5.27. The van der Waals surface area contributed by atoms with Gasteiger partial charge in [0.2, 0.25) is 5.88 Å². The van der Waals surface area contributed by atoms with Gasteiger partial charge in [0.15, 0.2) is 0 Å². The molecule has 4 heterocycles. The van der Waals surface area contributed by atoms with Gasteiger partial charge in [-0.05, 0) is 56.3 Å². The number of anilines is 1. The Kier molecular flexibility index (Phi) is 6.39. The van der Waals surface area contributed by atoms with Crippen LogP contribution in [0.3, 0.4) is 0 Å². The van der Waals surface area contributed by atoms with Crippen LogP contribution < -0.4 is 9.64 Å². The average molecular weight is 395 g/mol. The molecule has 0 bridgehead atoms. The maximum atomic E-state index is 11.5. The summed E-state index contributed by atoms with van der Waals surface area (Å²) in [6, 6.07) is 10.2. The predicted octanol–water partition coefficient (Wildman–Crippen LogP) is 3.08. The van der Waals surface area contributed by atoms with Crippen molar-refractivity contribution in [1.82, 2.24) is 14.9 Å². The summed E-state index contributed by atoms with van der Waals surface area (Å²) in [6.07, 6.45) is 8.18. The van der Waals surface area contributed by atoms with Crippen molar-refractivity contribution in [1.29, 1.82) is 0 Å². The molecule has 2 unspecified atom stereocenters. The molecule has 6 nitrogen and oxygen atoms in total. The van der Waals surface area contributed by atoms with E-state index in [0.717, 1.165) is 76.1 Å². The fourth-order valence-corrected chi connectivity index (χ4v) is 4.57. The lowest BCUT2D eigenvalue weighted by Gasteiger charge is -2.34. The number of hydrogen-bond acceptors (Lipinski definition) is 6. The number of aromatic nitrogens is 2. The smallest absolute Gasteiger partial charge is 0.213 e. The number of rotatable bonds is 7. The van der Waals surface area contributed by atoms with Crippen LogP contribution in [0.5, 0.6) is 5.88 Å². The van der Waals surface area contributed by atoms with Gasteiger partial charge in [0.05, 0.1) is 13.2 Å². The van der Waals surface area contributed by atoms with Gasteiger partial charge in [0.1, 0.15) is 12.1 Å². The van der Waals surface area contributed by atoms with Gasteiger partial charge in [-0.15, -0.1) is 0 Å². The molecule has 154 valence electrons. The van der Waals surface area contributed by atoms with E-state index in [-0.39, 0.29) is 6.04 Å². The van der Waals surface area contributed by atoms with Gasteiger partial charge < -0.3 is 19.3 Å². The average Bonchev–Trinajstić information content (AvgIpc) is 3.27. The Morgan fingerprint density at radius 1 is 1.17 bits per heavy atom. The van der Waals surface area contributed by atoms with Crippen molar-refractivity contribution in [2.45, 2.75) is 44.1 Å². The third kappa shape index (κ3) is 4.58. The lowest BCUT2D eigenvalue weighted by Crippen LogP contribution is -2.41. The predicted molar refractivity (Wildman–Crippen MR) is 114 cm³/mol. The number of piperidine rings is 1. The second-order valence-corrected chi connectivity index (χ2v) is 8.02. The molecule has 4 rings (SSSR count). The zero-order chi connectivity index (χ0) is 20.1. The molecular formula is C23H30N4O2. The molecule has 0 radical (unpaired) electrons. The van der Waals surface area contributed by atoms with Gasteiger partial charge in [0, 0.05) is 43.5 Å². The Bertz CT molecular complexity index is 828. The number of pyridine rings is 2. The molecule has 2 atom stereocenters. The molecule has 29 heavy (non-hydrogen) atoms. The SMILES string of the molecule is COc1cccc(C2CCN(CCc3cccnc3N3CCCCC3C=O)C2)n1. The fraction of sp³-hybridized carbons (Fsp3) is 0.522. The summed E-state index contributed by atoms with van der Waals surface area (Å²) in [6.45, 7) is 4.02. The van der Waals surface area contributed by atoms with Crippen LogP contribution in [-0.2, 0) is 11.2 Å². The monoisotopic (exact) mass is 394 g/mol. The number of carbonyl (C=O) groups is 1. The maximum Gasteiger partial charge on any atom is 0.213 e. The van der Waals surface area contributed by atoms with Gasteiger partial charge in [-0.1, -0.05) is 12.1 Å². The molecule has 0 aromatic carbocycles. The van der Waals surface area contributed by atoms with Crippen LogP contribution in [0.1, 0.15) is 42.9 Å². The zero-order valence-corrected chi connectivity index (χ0v) is 17.2. The van der Waals surface area contributed by atoms with E-state index in [1.54, 1.807) is 7.11 Å². The molecule has 0 N–H and O–H groups in total. The molecule has 2 aliphatic rings. The molecule has 2 aromatic heterocycles. The maximum absolute atomic E-state index is 11.5. The van der Waals surface area contributed by atoms with E-state index in [4.69, 9.17) is 4.74 Å². The third-order valence-electron chi connectivity index (χ3n) is 6.19. The molecule has 0 saturated carbocycles. The molecular weight excluding hydrogens is 364 g/mol. The Morgan fingerprint density at radius 2 is 2.10 bits per heavy atom. The van der Waals surface area contributed by atoms with E-state index < -0.39 is 0 Å². The number of methoxy groups -OCH3 is 1. The number of hydrogen-bond donors (Lipinski definition) is 0. The second kappa shape index (κ2) is 9.35. The highest BCUT2D eigenvalue weighted by molar-refractivity contribution is 5.66. The van der Waals surface area contributed by atoms with Crippen LogP contribution in [0, 0.1) is 0 Å². The van der Waals surface area contributed by atoms with Crippen LogP contribution in [0.15, 0.2) is 36.5 Å². The van der Waals surface area contributed by atoms with Crippen LogP contribution in [0.4, 0.5) is 5.82 Å². The number of carbonyl (C=O) groups excluding carboxylic acids is 1. The molecule has 0 amide bonds. The first-order chi connectivity index (χ1) is 14.3. The number of aldehydes is 1. The highest BCUT2D eigenvalue weighted by Crippen LogP contribution is 2.29. The minimum absolute atomic E-state index is 0.0345. The summed E-state index contributed by atoms with van der Waals surface area (Å²) >= 11 is 0. The summed E-state index contributed by atoms with van der Waals surface area (Å²) in [5.74, 6) is 2.14. The Labute approximate surface area is 172 Å². The molecule has 2 aliphatic heterocycles. The second-order valence-electron chi connectivity index (χ2n) is 8.02. The van der Waals surface area contributed by atoms with Crippen LogP contribution in [0.2, 0.25) is 0 Å². The van der Waals surface area contributed by atoms with Crippen LogP contribution >= 0.6 is 0 Å². The van der Waals surface area contributed by atoms with Gasteiger partial charge in [-0.3, -0.25) is 0 Å². The first kappa shape index (κ1) is 19.8. The number of nitrogens with zero attached hydrogens (tertiary/aromatic N) is 4. The molecule has 0 aliphatic carbocycles. The largest absolute Gasteiger partial charge is 0.481 e. The summed E-state index contributed by atoms with van der Waals surface area (Å²) in [5, 5.41) is 0. The van der Waals surface area contributed by atoms with Gasteiger partial charge in [0.25, 0.3) is 0 Å². The minimum atomic E-state index is -0.0345. The fourth-order valence-electron chi connectivity index (χ4n) is 4.57. The Balaban J connectivity index is 1.39. The van der Waals surface area contributed by atoms with E-state index in [1.807, 2.05) is 24.4 Å². The van der Waals surface area contributed by atoms with Crippen molar-refractivity contribution in [2.24, 2.45) is 0 Å². The van der Waals surface area contributed by atoms with Crippen molar-refractivity contribution >= 4 is 12.1 Å². The van der Waals surface area contributed by atoms with Crippen molar-refractivity contribution in [3.05, 3.63) is 47.8 Å². The Morgan fingerprint density at radius 3 is 2.97 bits per heavy atom. The van der Waals surface area contributed by atoms with E-state index >= 15 is 0 Å². The number of likely N-dealkylation sites (tertiary alicyclic amines) is 1. The standard InChI is InChI=1S/C23H30N4O2/c1-29-22-9-4-8-21(25-22)19-11-15-26(16-19)14-10-18-6-5-12-24-23(18)27-13-3-2-7-20(27)17-28/h4-6,8-9,12,17,19-20H,2-3,7,10-11,13-16H2,1H3. The van der Waals surface area contributed by atoms with Crippen molar-refractivity contribution in [3.8, 4) is 5.88 Å². The molecule has 2 fully saturated rings. The topological polar surface area (TPSA) is 58.6 Å². The summed E-state index contributed by atoms with van der Waals surface area (Å²) in [5.41, 5.74) is 2.36. The van der Waals surface area contributed by atoms with Crippen molar-refractivity contribution in [3.63, 3.8) is 0 Å². The van der Waals surface area contributed by atoms with Gasteiger partial charge in [-0.2, -0.15) is 0 Å². The third-order valence-corrected chi connectivity index (χ3v) is 6.19. The van der Waals surface area contributed by atoms with E-state index in [2.05, 4.69) is 31.9 Å². The summed E-state index contributed by atoms with van der Waals surface area (Å²) in [4.78, 5) is 25.5. The minimum Gasteiger partial charge on any atom is -0.481 e. The molecule has 2 aromatic rings. The molecule has 0 spiro atoms. The number of ether oxygens (including phenoxy) is 1. The van der Waals surface area contributed by atoms with E-state index in [1.165, 1.54) is 5.56 Å². The highest BCUT2D eigenvalue weighted by Gasteiger charge is 2.27. The van der Waals surface area contributed by atoms with Crippen LogP contribution in [-0.4, -0.2) is 60.5 Å². The van der Waals surface area contributed by atoms with E-state index in [0.29, 0.717) is 11.8 Å². The van der Waals surface area contributed by atoms with E-state index in [9.17, 15) is 4.79 Å². The Hall–Kier alpha value is -2.47. The lowest BCUT2D eigenvalue weighted by atomic mass is 10.0. The molecule has 6 heteroatoms. The van der Waals surface area contributed by atoms with Gasteiger partial charge >= 0.3 is 0 Å². The van der Waals surface area contributed by atoms with Crippen molar-refractivity contribution < 1.29 is 9.53 Å². The normalized spacial score (nSPS) is 22.6. The highest BCUT2D eigenvalue weighted by atomic mass is 16.5. The molecule has 2 saturated heterocycles. The summed E-state index contributed by atoms with van der Waals surface area (Å²) in [7, 11) is 1.66. The lowest BCUT2D eigenvalue weighted by molar-refractivity contribution is -0.109. The first-order valence-electron chi connectivity index (χ1n) is 10.7. The quantitative estimate of drug-likeness (QED) is 0.673. The van der Waals surface area contributed by atoms with Crippen molar-refractivity contribution in [2.75, 3.05) is 38.2 Å². The first-order valence-corrected chi connectivity index (χ1v) is 10.7. The van der Waals surface area contributed by atoms with Crippen LogP contribution in [0.25, 0.3) is 0 Å². The zero-order valence-electron chi connectivity index (χ0n) is 17.2. The van der Waals surface area contributed by atoms with Gasteiger partial charge in [-0.25, -0.2) is 9.97 Å².